The zero-order valence-corrected chi connectivity index (χ0v) is 12.6. The van der Waals surface area contributed by atoms with E-state index in [9.17, 15) is 4.39 Å². The van der Waals surface area contributed by atoms with Crippen molar-refractivity contribution < 1.29 is 8.91 Å². The number of benzene rings is 1. The lowest BCUT2D eigenvalue weighted by atomic mass is 10.1. The van der Waals surface area contributed by atoms with Crippen molar-refractivity contribution in [3.05, 3.63) is 47.4 Å². The highest BCUT2D eigenvalue weighted by Crippen LogP contribution is 2.18. The van der Waals surface area contributed by atoms with Crippen LogP contribution in [0, 0.1) is 5.82 Å². The SMILES string of the molecule is CN1CCNCC1c1noc(Cc2cccc(F)c2)n1.Cl. The fourth-order valence-corrected chi connectivity index (χ4v) is 2.39. The highest BCUT2D eigenvalue weighted by Gasteiger charge is 2.25. The van der Waals surface area contributed by atoms with Gasteiger partial charge >= 0.3 is 0 Å². The van der Waals surface area contributed by atoms with Gasteiger partial charge in [-0.3, -0.25) is 4.90 Å². The van der Waals surface area contributed by atoms with Crippen molar-refractivity contribution in [2.75, 3.05) is 26.7 Å². The van der Waals surface area contributed by atoms with Crippen LogP contribution in [0.15, 0.2) is 28.8 Å². The van der Waals surface area contributed by atoms with Crippen molar-refractivity contribution in [2.45, 2.75) is 12.5 Å². The van der Waals surface area contributed by atoms with E-state index >= 15 is 0 Å². The Labute approximate surface area is 128 Å². The Morgan fingerprint density at radius 3 is 3.10 bits per heavy atom. The maximum atomic E-state index is 13.1. The first-order valence-electron chi connectivity index (χ1n) is 6.70. The van der Waals surface area contributed by atoms with Gasteiger partial charge in [-0.2, -0.15) is 4.98 Å². The molecule has 1 aliphatic heterocycles. The quantitative estimate of drug-likeness (QED) is 0.936. The minimum Gasteiger partial charge on any atom is -0.339 e. The van der Waals surface area contributed by atoms with E-state index in [0.29, 0.717) is 18.1 Å². The summed E-state index contributed by atoms with van der Waals surface area (Å²) in [5.74, 6) is 0.953. The van der Waals surface area contributed by atoms with Gasteiger partial charge in [0.25, 0.3) is 0 Å². The Kier molecular flexibility index (Phi) is 5.27. The summed E-state index contributed by atoms with van der Waals surface area (Å²) in [6, 6.07) is 6.57. The van der Waals surface area contributed by atoms with Gasteiger partial charge in [-0.15, -0.1) is 12.4 Å². The van der Waals surface area contributed by atoms with Crippen LogP contribution < -0.4 is 5.32 Å². The first kappa shape index (κ1) is 15.9. The molecule has 1 N–H and O–H groups in total. The minimum absolute atomic E-state index is 0. The van der Waals surface area contributed by atoms with Crippen LogP contribution in [0.1, 0.15) is 23.3 Å². The number of hydrogen-bond acceptors (Lipinski definition) is 5. The summed E-state index contributed by atoms with van der Waals surface area (Å²) >= 11 is 0. The average Bonchev–Trinajstić information content (AvgIpc) is 2.87. The number of rotatable bonds is 3. The third-order valence-corrected chi connectivity index (χ3v) is 3.54. The molecule has 0 radical (unpaired) electrons. The summed E-state index contributed by atoms with van der Waals surface area (Å²) in [7, 11) is 2.05. The van der Waals surface area contributed by atoms with Crippen LogP contribution in [-0.4, -0.2) is 41.7 Å². The number of hydrogen-bond donors (Lipinski definition) is 1. The van der Waals surface area contributed by atoms with Gasteiger partial charge in [-0.1, -0.05) is 17.3 Å². The van der Waals surface area contributed by atoms with Crippen molar-refractivity contribution in [1.29, 1.82) is 0 Å². The Bertz CT molecular complexity index is 592. The normalized spacial score (nSPS) is 19.2. The molecule has 1 unspecified atom stereocenters. The Morgan fingerprint density at radius 2 is 2.33 bits per heavy atom. The third-order valence-electron chi connectivity index (χ3n) is 3.54. The third kappa shape index (κ3) is 3.78. The predicted molar refractivity (Wildman–Crippen MR) is 79.0 cm³/mol. The minimum atomic E-state index is -0.251. The van der Waals surface area contributed by atoms with Crippen LogP contribution >= 0.6 is 12.4 Å². The lowest BCUT2D eigenvalue weighted by molar-refractivity contribution is 0.190. The lowest BCUT2D eigenvalue weighted by Crippen LogP contribution is -2.44. The molecule has 5 nitrogen and oxygen atoms in total. The lowest BCUT2D eigenvalue weighted by Gasteiger charge is -2.30. The van der Waals surface area contributed by atoms with Crippen molar-refractivity contribution in [3.63, 3.8) is 0 Å². The van der Waals surface area contributed by atoms with E-state index in [1.165, 1.54) is 12.1 Å². The Hall–Kier alpha value is -1.50. The molecule has 1 aromatic carbocycles. The molecular weight excluding hydrogens is 295 g/mol. The van der Waals surface area contributed by atoms with Crippen molar-refractivity contribution >= 4 is 12.4 Å². The molecule has 2 heterocycles. The maximum absolute atomic E-state index is 13.1. The second-order valence-corrected chi connectivity index (χ2v) is 5.05. The first-order valence-corrected chi connectivity index (χ1v) is 6.70. The van der Waals surface area contributed by atoms with Gasteiger partial charge < -0.3 is 9.84 Å². The molecule has 1 aliphatic rings. The van der Waals surface area contributed by atoms with E-state index in [-0.39, 0.29) is 24.3 Å². The molecule has 0 bridgehead atoms. The van der Waals surface area contributed by atoms with E-state index < -0.39 is 0 Å². The molecule has 0 aliphatic carbocycles. The van der Waals surface area contributed by atoms with E-state index in [4.69, 9.17) is 4.52 Å². The van der Waals surface area contributed by atoms with Crippen LogP contribution in [0.2, 0.25) is 0 Å². The van der Waals surface area contributed by atoms with E-state index in [0.717, 1.165) is 25.2 Å². The van der Waals surface area contributed by atoms with Crippen molar-refractivity contribution in [3.8, 4) is 0 Å². The molecule has 114 valence electrons. The van der Waals surface area contributed by atoms with Gasteiger partial charge in [0.2, 0.25) is 5.89 Å². The fraction of sp³-hybridized carbons (Fsp3) is 0.429. The van der Waals surface area contributed by atoms with Crippen LogP contribution in [-0.2, 0) is 6.42 Å². The zero-order valence-electron chi connectivity index (χ0n) is 11.8. The molecule has 1 saturated heterocycles. The summed E-state index contributed by atoms with van der Waals surface area (Å²) in [6.07, 6.45) is 0.453. The number of aromatic nitrogens is 2. The molecule has 0 spiro atoms. The standard InChI is InChI=1S/C14H17FN4O.ClH/c1-19-6-5-16-9-12(19)14-17-13(20-18-14)8-10-3-2-4-11(15)7-10;/h2-4,7,12,16H,5-6,8-9H2,1H3;1H. The largest absolute Gasteiger partial charge is 0.339 e. The highest BCUT2D eigenvalue weighted by atomic mass is 35.5. The second-order valence-electron chi connectivity index (χ2n) is 5.05. The van der Waals surface area contributed by atoms with Crippen LogP contribution in [0.25, 0.3) is 0 Å². The average molecular weight is 313 g/mol. The van der Waals surface area contributed by atoms with E-state index in [1.807, 2.05) is 13.1 Å². The van der Waals surface area contributed by atoms with Gasteiger partial charge in [-0.05, 0) is 24.7 Å². The molecule has 3 rings (SSSR count). The Balaban J connectivity index is 0.00000161. The summed E-state index contributed by atoms with van der Waals surface area (Å²) in [5.41, 5.74) is 0.829. The molecule has 1 aromatic heterocycles. The summed E-state index contributed by atoms with van der Waals surface area (Å²) < 4.78 is 18.4. The van der Waals surface area contributed by atoms with Gasteiger partial charge in [-0.25, -0.2) is 4.39 Å². The predicted octanol–water partition coefficient (Wildman–Crippen LogP) is 1.80. The van der Waals surface area contributed by atoms with Crippen LogP contribution in [0.3, 0.4) is 0 Å². The molecular formula is C14H18ClFN4O. The number of halogens is 2. The zero-order chi connectivity index (χ0) is 13.9. The number of nitrogens with one attached hydrogen (secondary N) is 1. The number of piperazine rings is 1. The van der Waals surface area contributed by atoms with E-state index in [2.05, 4.69) is 20.4 Å². The molecule has 21 heavy (non-hydrogen) atoms. The number of nitrogens with zero attached hydrogens (tertiary/aromatic N) is 3. The first-order chi connectivity index (χ1) is 9.72. The number of likely N-dealkylation sites (N-methyl/N-ethyl adjacent to an activating group) is 1. The van der Waals surface area contributed by atoms with Crippen molar-refractivity contribution in [2.24, 2.45) is 0 Å². The second kappa shape index (κ2) is 6.98. The highest BCUT2D eigenvalue weighted by molar-refractivity contribution is 5.85. The maximum Gasteiger partial charge on any atom is 0.231 e. The monoisotopic (exact) mass is 312 g/mol. The van der Waals surface area contributed by atoms with Gasteiger partial charge in [0, 0.05) is 19.6 Å². The van der Waals surface area contributed by atoms with E-state index in [1.54, 1.807) is 6.07 Å². The van der Waals surface area contributed by atoms with Gasteiger partial charge in [0.05, 0.1) is 12.5 Å². The molecule has 7 heteroatoms. The van der Waals surface area contributed by atoms with Crippen LogP contribution in [0.5, 0.6) is 0 Å². The van der Waals surface area contributed by atoms with Crippen LogP contribution in [0.4, 0.5) is 4.39 Å². The molecule has 1 atom stereocenters. The van der Waals surface area contributed by atoms with Gasteiger partial charge in [0.1, 0.15) is 5.82 Å². The van der Waals surface area contributed by atoms with Crippen molar-refractivity contribution in [1.82, 2.24) is 20.4 Å². The smallest absolute Gasteiger partial charge is 0.231 e. The summed E-state index contributed by atoms with van der Waals surface area (Å²) in [5, 5.41) is 7.36. The summed E-state index contributed by atoms with van der Waals surface area (Å²) in [6.45, 7) is 2.74. The molecule has 1 fully saturated rings. The van der Waals surface area contributed by atoms with Gasteiger partial charge in [0.15, 0.2) is 5.82 Å². The molecule has 2 aromatic rings. The topological polar surface area (TPSA) is 54.2 Å². The summed E-state index contributed by atoms with van der Waals surface area (Å²) in [4.78, 5) is 6.63. The Morgan fingerprint density at radius 1 is 1.48 bits per heavy atom. The molecule has 0 amide bonds. The fourth-order valence-electron chi connectivity index (χ4n) is 2.39. The molecule has 0 saturated carbocycles.